The number of nitrogens with zero attached hydrogens (tertiary/aromatic N) is 2. The van der Waals surface area contributed by atoms with Crippen molar-refractivity contribution in [2.45, 2.75) is 0 Å². The predicted molar refractivity (Wildman–Crippen MR) is 93.4 cm³/mol. The van der Waals surface area contributed by atoms with E-state index in [1.54, 1.807) is 18.3 Å². The zero-order valence-corrected chi connectivity index (χ0v) is 14.2. The zero-order chi connectivity index (χ0) is 15.9. The predicted octanol–water partition coefficient (Wildman–Crippen LogP) is 3.07. The van der Waals surface area contributed by atoms with Crippen LogP contribution in [0.3, 0.4) is 0 Å². The van der Waals surface area contributed by atoms with Crippen molar-refractivity contribution >= 4 is 33.3 Å². The number of nitrogens with one attached hydrogen (secondary N) is 2. The fraction of sp³-hybridized carbons (Fsp3) is 0.250. The highest BCUT2D eigenvalue weighted by Gasteiger charge is 2.06. The molecule has 1 amide bonds. The number of hydrogen-bond acceptors (Lipinski definition) is 4. The van der Waals surface area contributed by atoms with Crippen LogP contribution in [0.5, 0.6) is 0 Å². The Balaban J connectivity index is 1.90. The van der Waals surface area contributed by atoms with Crippen molar-refractivity contribution in [3.05, 3.63) is 52.6 Å². The minimum atomic E-state index is -0.150. The highest BCUT2D eigenvalue weighted by Crippen LogP contribution is 2.14. The van der Waals surface area contributed by atoms with E-state index in [1.807, 2.05) is 38.4 Å². The lowest BCUT2D eigenvalue weighted by molar-refractivity contribution is 0.102. The van der Waals surface area contributed by atoms with E-state index in [9.17, 15) is 4.79 Å². The molecule has 5 nitrogen and oxygen atoms in total. The summed E-state index contributed by atoms with van der Waals surface area (Å²) in [6, 6.07) is 10.9. The molecule has 1 aromatic heterocycles. The number of aromatic nitrogens is 1. The third-order valence-electron chi connectivity index (χ3n) is 2.99. The van der Waals surface area contributed by atoms with Crippen molar-refractivity contribution in [3.8, 4) is 0 Å². The molecule has 22 heavy (non-hydrogen) atoms. The van der Waals surface area contributed by atoms with Crippen LogP contribution in [0, 0.1) is 0 Å². The van der Waals surface area contributed by atoms with Gasteiger partial charge in [-0.2, -0.15) is 0 Å². The van der Waals surface area contributed by atoms with Crippen molar-refractivity contribution in [3.63, 3.8) is 0 Å². The van der Waals surface area contributed by atoms with Crippen LogP contribution in [0.2, 0.25) is 0 Å². The van der Waals surface area contributed by atoms with Crippen molar-refractivity contribution in [1.29, 1.82) is 0 Å². The Morgan fingerprint density at radius 2 is 1.91 bits per heavy atom. The number of anilines is 2. The smallest absolute Gasteiger partial charge is 0.255 e. The summed E-state index contributed by atoms with van der Waals surface area (Å²) in [6.07, 6.45) is 1.65. The van der Waals surface area contributed by atoms with Crippen LogP contribution < -0.4 is 10.6 Å². The van der Waals surface area contributed by atoms with Crippen LogP contribution in [0.4, 0.5) is 11.5 Å². The second-order valence-corrected chi connectivity index (χ2v) is 6.04. The number of carbonyl (C=O) groups excluding carboxylic acids is 1. The van der Waals surface area contributed by atoms with Crippen LogP contribution in [0.1, 0.15) is 10.4 Å². The second kappa shape index (κ2) is 7.91. The Morgan fingerprint density at radius 1 is 1.18 bits per heavy atom. The van der Waals surface area contributed by atoms with Gasteiger partial charge in [-0.05, 0) is 50.5 Å². The summed E-state index contributed by atoms with van der Waals surface area (Å²) in [6.45, 7) is 1.76. The van der Waals surface area contributed by atoms with E-state index in [0.717, 1.165) is 23.4 Å². The Hall–Kier alpha value is -1.92. The van der Waals surface area contributed by atoms with E-state index < -0.39 is 0 Å². The molecule has 0 fully saturated rings. The lowest BCUT2D eigenvalue weighted by atomic mass is 10.2. The van der Waals surface area contributed by atoms with Crippen LogP contribution in [0.25, 0.3) is 0 Å². The van der Waals surface area contributed by atoms with Crippen LogP contribution in [-0.4, -0.2) is 43.0 Å². The molecule has 0 unspecified atom stereocenters. The largest absolute Gasteiger partial charge is 0.369 e. The summed E-state index contributed by atoms with van der Waals surface area (Å²) in [7, 11) is 4.05. The normalized spacial score (nSPS) is 10.5. The molecule has 0 aliphatic rings. The average molecular weight is 363 g/mol. The third-order valence-corrected chi connectivity index (χ3v) is 3.52. The Labute approximate surface area is 138 Å². The summed E-state index contributed by atoms with van der Waals surface area (Å²) < 4.78 is 0.943. The summed E-state index contributed by atoms with van der Waals surface area (Å²) in [5.41, 5.74) is 1.28. The van der Waals surface area contributed by atoms with Gasteiger partial charge < -0.3 is 15.5 Å². The van der Waals surface area contributed by atoms with Crippen molar-refractivity contribution in [1.82, 2.24) is 9.88 Å². The highest BCUT2D eigenvalue weighted by molar-refractivity contribution is 9.10. The SMILES string of the molecule is CN(C)CCNc1ccc(NC(=O)c2ccc(Br)cc2)cn1. The van der Waals surface area contributed by atoms with Gasteiger partial charge in [0.1, 0.15) is 5.82 Å². The summed E-state index contributed by atoms with van der Waals surface area (Å²) >= 11 is 3.35. The minimum absolute atomic E-state index is 0.150. The first-order valence-corrected chi connectivity index (χ1v) is 7.75. The Bertz CT molecular complexity index is 611. The molecule has 2 aromatic rings. The number of amides is 1. The van der Waals surface area contributed by atoms with Crippen molar-refractivity contribution in [2.75, 3.05) is 37.8 Å². The fourth-order valence-electron chi connectivity index (χ4n) is 1.78. The number of rotatable bonds is 6. The molecular weight excluding hydrogens is 344 g/mol. The Morgan fingerprint density at radius 3 is 2.50 bits per heavy atom. The molecule has 0 radical (unpaired) electrons. The lowest BCUT2D eigenvalue weighted by Crippen LogP contribution is -2.21. The van der Waals surface area contributed by atoms with Gasteiger partial charge in [0.2, 0.25) is 0 Å². The molecular formula is C16H19BrN4O. The molecule has 0 saturated heterocycles. The lowest BCUT2D eigenvalue weighted by Gasteiger charge is -2.11. The van der Waals surface area contributed by atoms with E-state index in [1.165, 1.54) is 0 Å². The van der Waals surface area contributed by atoms with Gasteiger partial charge in [-0.25, -0.2) is 4.98 Å². The monoisotopic (exact) mass is 362 g/mol. The maximum Gasteiger partial charge on any atom is 0.255 e. The number of benzene rings is 1. The molecule has 0 bridgehead atoms. The van der Waals surface area contributed by atoms with Gasteiger partial charge in [-0.1, -0.05) is 15.9 Å². The van der Waals surface area contributed by atoms with Crippen molar-refractivity contribution < 1.29 is 4.79 Å². The first-order valence-electron chi connectivity index (χ1n) is 6.96. The maximum absolute atomic E-state index is 12.1. The first-order chi connectivity index (χ1) is 10.5. The number of likely N-dealkylation sites (N-methyl/N-ethyl adjacent to an activating group) is 1. The number of hydrogen-bond donors (Lipinski definition) is 2. The minimum Gasteiger partial charge on any atom is -0.369 e. The molecule has 2 N–H and O–H groups in total. The first kappa shape index (κ1) is 16.5. The molecule has 0 atom stereocenters. The van der Waals surface area contributed by atoms with Gasteiger partial charge >= 0.3 is 0 Å². The third kappa shape index (κ3) is 5.13. The van der Waals surface area contributed by atoms with E-state index in [0.29, 0.717) is 11.3 Å². The van der Waals surface area contributed by atoms with Crippen LogP contribution in [0.15, 0.2) is 47.1 Å². The number of carbonyl (C=O) groups is 1. The quantitative estimate of drug-likeness (QED) is 0.828. The number of pyridine rings is 1. The molecule has 0 aliphatic carbocycles. The molecule has 116 valence electrons. The fourth-order valence-corrected chi connectivity index (χ4v) is 2.05. The van der Waals surface area contributed by atoms with Gasteiger partial charge in [-0.3, -0.25) is 4.79 Å². The zero-order valence-electron chi connectivity index (χ0n) is 12.6. The highest BCUT2D eigenvalue weighted by atomic mass is 79.9. The summed E-state index contributed by atoms with van der Waals surface area (Å²) in [4.78, 5) is 18.5. The topological polar surface area (TPSA) is 57.3 Å². The van der Waals surface area contributed by atoms with E-state index in [4.69, 9.17) is 0 Å². The average Bonchev–Trinajstić information content (AvgIpc) is 2.49. The van der Waals surface area contributed by atoms with Gasteiger partial charge in [0.25, 0.3) is 5.91 Å². The van der Waals surface area contributed by atoms with Gasteiger partial charge in [0.05, 0.1) is 11.9 Å². The molecule has 0 aliphatic heterocycles. The standard InChI is InChI=1S/C16H19BrN4O/c1-21(2)10-9-18-15-8-7-14(11-19-15)20-16(22)12-3-5-13(17)6-4-12/h3-8,11H,9-10H2,1-2H3,(H,18,19)(H,20,22). The molecule has 1 aromatic carbocycles. The maximum atomic E-state index is 12.1. The summed E-state index contributed by atoms with van der Waals surface area (Å²) in [5, 5.41) is 6.05. The summed E-state index contributed by atoms with van der Waals surface area (Å²) in [5.74, 6) is 0.645. The Kier molecular flexibility index (Phi) is 5.91. The van der Waals surface area contributed by atoms with Crippen LogP contribution in [-0.2, 0) is 0 Å². The van der Waals surface area contributed by atoms with Gasteiger partial charge in [0, 0.05) is 23.1 Å². The number of halogens is 1. The second-order valence-electron chi connectivity index (χ2n) is 5.12. The van der Waals surface area contributed by atoms with Crippen LogP contribution >= 0.6 is 15.9 Å². The molecule has 1 heterocycles. The van der Waals surface area contributed by atoms with E-state index in [-0.39, 0.29) is 5.91 Å². The molecule has 0 spiro atoms. The van der Waals surface area contributed by atoms with E-state index >= 15 is 0 Å². The van der Waals surface area contributed by atoms with Crippen molar-refractivity contribution in [2.24, 2.45) is 0 Å². The van der Waals surface area contributed by atoms with E-state index in [2.05, 4.69) is 36.4 Å². The molecule has 2 rings (SSSR count). The van der Waals surface area contributed by atoms with Gasteiger partial charge in [-0.15, -0.1) is 0 Å². The van der Waals surface area contributed by atoms with Gasteiger partial charge in [0.15, 0.2) is 0 Å². The molecule has 0 saturated carbocycles. The molecule has 6 heteroatoms.